The Morgan fingerprint density at radius 1 is 1.38 bits per heavy atom. The van der Waals surface area contributed by atoms with E-state index < -0.39 is 0 Å². The van der Waals surface area contributed by atoms with E-state index in [4.69, 9.17) is 33.5 Å². The standard InChI is InChI=1S/C14H16Cl2N4O/c1-14(5-3-2-4-10(14)17)13-19-12(20-21-13)11-9(16)6-8(15)7-18-11/h6-7,10H,2-5,17H2,1H3. The van der Waals surface area contributed by atoms with Gasteiger partial charge in [-0.25, -0.2) is 4.98 Å². The van der Waals surface area contributed by atoms with Gasteiger partial charge < -0.3 is 10.3 Å². The molecule has 21 heavy (non-hydrogen) atoms. The molecule has 0 radical (unpaired) electrons. The molecule has 5 nitrogen and oxygen atoms in total. The lowest BCUT2D eigenvalue weighted by molar-refractivity contribution is 0.203. The Labute approximate surface area is 132 Å². The molecular formula is C14H16Cl2N4O. The minimum Gasteiger partial charge on any atom is -0.338 e. The van der Waals surface area contributed by atoms with Crippen LogP contribution in [-0.4, -0.2) is 21.2 Å². The number of aromatic nitrogens is 3. The topological polar surface area (TPSA) is 77.8 Å². The highest BCUT2D eigenvalue weighted by Crippen LogP contribution is 2.38. The first-order valence-corrected chi connectivity index (χ1v) is 7.67. The van der Waals surface area contributed by atoms with Crippen molar-refractivity contribution in [2.75, 3.05) is 0 Å². The molecule has 112 valence electrons. The molecule has 0 bridgehead atoms. The number of halogens is 2. The average Bonchev–Trinajstić information content (AvgIpc) is 2.92. The second-order valence-electron chi connectivity index (χ2n) is 5.68. The first-order chi connectivity index (χ1) is 10.0. The maximum absolute atomic E-state index is 6.26. The third kappa shape index (κ3) is 2.65. The van der Waals surface area contributed by atoms with Crippen LogP contribution in [0.5, 0.6) is 0 Å². The van der Waals surface area contributed by atoms with E-state index in [2.05, 4.69) is 22.0 Å². The van der Waals surface area contributed by atoms with Gasteiger partial charge in [0.05, 0.1) is 15.5 Å². The third-order valence-corrected chi connectivity index (χ3v) is 4.71. The summed E-state index contributed by atoms with van der Waals surface area (Å²) in [7, 11) is 0. The van der Waals surface area contributed by atoms with Crippen LogP contribution in [0, 0.1) is 0 Å². The smallest absolute Gasteiger partial charge is 0.234 e. The van der Waals surface area contributed by atoms with Gasteiger partial charge in [0.15, 0.2) is 0 Å². The molecule has 2 aromatic rings. The fourth-order valence-corrected chi connectivity index (χ4v) is 3.22. The molecule has 2 atom stereocenters. The van der Waals surface area contributed by atoms with Crippen molar-refractivity contribution in [1.82, 2.24) is 15.1 Å². The van der Waals surface area contributed by atoms with Crippen molar-refractivity contribution in [3.63, 3.8) is 0 Å². The highest BCUT2D eigenvalue weighted by atomic mass is 35.5. The number of rotatable bonds is 2. The summed E-state index contributed by atoms with van der Waals surface area (Å²) in [4.78, 5) is 8.64. The normalized spacial score (nSPS) is 26.0. The third-order valence-electron chi connectivity index (χ3n) is 4.21. The molecule has 2 aromatic heterocycles. The molecule has 1 aliphatic rings. The summed E-state index contributed by atoms with van der Waals surface area (Å²) in [5.74, 6) is 0.920. The lowest BCUT2D eigenvalue weighted by Gasteiger charge is -2.35. The molecule has 1 saturated carbocycles. The molecule has 3 rings (SSSR count). The average molecular weight is 327 g/mol. The van der Waals surface area contributed by atoms with Crippen molar-refractivity contribution >= 4 is 23.2 Å². The van der Waals surface area contributed by atoms with Gasteiger partial charge in [-0.3, -0.25) is 0 Å². The molecule has 0 amide bonds. The van der Waals surface area contributed by atoms with E-state index in [1.54, 1.807) is 6.07 Å². The van der Waals surface area contributed by atoms with Crippen LogP contribution in [0.4, 0.5) is 0 Å². The van der Waals surface area contributed by atoms with Crippen LogP contribution in [0.15, 0.2) is 16.8 Å². The van der Waals surface area contributed by atoms with Gasteiger partial charge >= 0.3 is 0 Å². The molecular weight excluding hydrogens is 311 g/mol. The van der Waals surface area contributed by atoms with E-state index in [0.29, 0.717) is 27.5 Å². The zero-order valence-electron chi connectivity index (χ0n) is 11.6. The number of nitrogens with two attached hydrogens (primary N) is 1. The minimum absolute atomic E-state index is 0.0215. The van der Waals surface area contributed by atoms with Gasteiger partial charge in [-0.05, 0) is 25.8 Å². The second kappa shape index (κ2) is 5.55. The van der Waals surface area contributed by atoms with Crippen molar-refractivity contribution < 1.29 is 4.52 Å². The van der Waals surface area contributed by atoms with Crippen LogP contribution in [0.3, 0.4) is 0 Å². The van der Waals surface area contributed by atoms with Crippen LogP contribution in [0.1, 0.15) is 38.5 Å². The molecule has 2 heterocycles. The van der Waals surface area contributed by atoms with Crippen molar-refractivity contribution in [2.24, 2.45) is 5.73 Å². The largest absolute Gasteiger partial charge is 0.338 e. The Kier molecular flexibility index (Phi) is 3.90. The van der Waals surface area contributed by atoms with Gasteiger partial charge in [-0.2, -0.15) is 4.98 Å². The molecule has 0 aliphatic heterocycles. The van der Waals surface area contributed by atoms with Crippen LogP contribution in [0.25, 0.3) is 11.5 Å². The van der Waals surface area contributed by atoms with Crippen LogP contribution in [0.2, 0.25) is 10.0 Å². The van der Waals surface area contributed by atoms with Crippen LogP contribution in [-0.2, 0) is 5.41 Å². The SMILES string of the molecule is CC1(c2nc(-c3ncc(Cl)cc3Cl)no2)CCCCC1N. The van der Waals surface area contributed by atoms with Gasteiger partial charge in [0.2, 0.25) is 11.7 Å². The predicted octanol–water partition coefficient (Wildman–Crippen LogP) is 3.60. The summed E-state index contributed by atoms with van der Waals surface area (Å²) in [6, 6.07) is 1.63. The Morgan fingerprint density at radius 3 is 2.90 bits per heavy atom. The van der Waals surface area contributed by atoms with Gasteiger partial charge in [-0.1, -0.05) is 41.2 Å². The number of nitrogens with zero attached hydrogens (tertiary/aromatic N) is 3. The summed E-state index contributed by atoms with van der Waals surface area (Å²) in [6.07, 6.45) is 5.67. The summed E-state index contributed by atoms with van der Waals surface area (Å²) in [5.41, 5.74) is 6.43. The van der Waals surface area contributed by atoms with Crippen LogP contribution >= 0.6 is 23.2 Å². The molecule has 1 aliphatic carbocycles. The zero-order valence-corrected chi connectivity index (χ0v) is 13.2. The van der Waals surface area contributed by atoms with Gasteiger partial charge in [0, 0.05) is 12.2 Å². The van der Waals surface area contributed by atoms with E-state index in [1.807, 2.05) is 0 Å². The van der Waals surface area contributed by atoms with Crippen molar-refractivity contribution in [1.29, 1.82) is 0 Å². The molecule has 2 unspecified atom stereocenters. The lowest BCUT2D eigenvalue weighted by Crippen LogP contribution is -2.45. The fourth-order valence-electron chi connectivity index (χ4n) is 2.76. The van der Waals surface area contributed by atoms with Gasteiger partial charge in [0.1, 0.15) is 5.69 Å². The van der Waals surface area contributed by atoms with Gasteiger partial charge in [0.25, 0.3) is 0 Å². The zero-order chi connectivity index (χ0) is 15.0. The Bertz CT molecular complexity index is 660. The van der Waals surface area contributed by atoms with Gasteiger partial charge in [-0.15, -0.1) is 0 Å². The maximum atomic E-state index is 6.26. The molecule has 0 aromatic carbocycles. The highest BCUT2D eigenvalue weighted by Gasteiger charge is 2.41. The van der Waals surface area contributed by atoms with Crippen molar-refractivity contribution in [3.05, 3.63) is 28.2 Å². The van der Waals surface area contributed by atoms with E-state index >= 15 is 0 Å². The van der Waals surface area contributed by atoms with E-state index in [1.165, 1.54) is 6.20 Å². The lowest BCUT2D eigenvalue weighted by atomic mass is 9.72. The van der Waals surface area contributed by atoms with E-state index in [9.17, 15) is 0 Å². The Morgan fingerprint density at radius 2 is 2.19 bits per heavy atom. The number of pyridine rings is 1. The minimum atomic E-state index is -0.289. The Hall–Kier alpha value is -1.17. The molecule has 7 heteroatoms. The second-order valence-corrected chi connectivity index (χ2v) is 6.52. The monoisotopic (exact) mass is 326 g/mol. The molecule has 1 fully saturated rings. The summed E-state index contributed by atoms with van der Waals surface area (Å²) in [6.45, 7) is 2.07. The Balaban J connectivity index is 1.96. The number of hydrogen-bond donors (Lipinski definition) is 1. The summed E-state index contributed by atoms with van der Waals surface area (Å²) in [5, 5.41) is 4.86. The quantitative estimate of drug-likeness (QED) is 0.912. The molecule has 2 N–H and O–H groups in total. The fraction of sp³-hybridized carbons (Fsp3) is 0.500. The van der Waals surface area contributed by atoms with Crippen LogP contribution < -0.4 is 5.73 Å². The predicted molar refractivity (Wildman–Crippen MR) is 81.3 cm³/mol. The first-order valence-electron chi connectivity index (χ1n) is 6.92. The van der Waals surface area contributed by atoms with Crippen molar-refractivity contribution in [3.8, 4) is 11.5 Å². The van der Waals surface area contributed by atoms with Crippen molar-refractivity contribution in [2.45, 2.75) is 44.1 Å². The highest BCUT2D eigenvalue weighted by molar-refractivity contribution is 6.35. The first kappa shape index (κ1) is 14.8. The molecule has 0 spiro atoms. The van der Waals surface area contributed by atoms with E-state index in [-0.39, 0.29) is 11.5 Å². The summed E-state index contributed by atoms with van der Waals surface area (Å²) < 4.78 is 5.44. The molecule has 0 saturated heterocycles. The summed E-state index contributed by atoms with van der Waals surface area (Å²) >= 11 is 12.0. The number of hydrogen-bond acceptors (Lipinski definition) is 5. The maximum Gasteiger partial charge on any atom is 0.234 e. The van der Waals surface area contributed by atoms with E-state index in [0.717, 1.165) is 25.7 Å².